The lowest BCUT2D eigenvalue weighted by Crippen LogP contribution is -2.46. The van der Waals surface area contributed by atoms with Gasteiger partial charge in [-0.3, -0.25) is 9.59 Å². The van der Waals surface area contributed by atoms with E-state index in [0.29, 0.717) is 5.69 Å². The number of nitrogens with one attached hydrogen (secondary N) is 3. The van der Waals surface area contributed by atoms with Gasteiger partial charge in [0.25, 0.3) is 0 Å². The molecule has 9 heteroatoms. The van der Waals surface area contributed by atoms with Crippen molar-refractivity contribution in [1.29, 1.82) is 0 Å². The van der Waals surface area contributed by atoms with Gasteiger partial charge in [-0.2, -0.15) is 0 Å². The summed E-state index contributed by atoms with van der Waals surface area (Å²) in [5.74, 6) is -0.617. The molecule has 0 bridgehead atoms. The van der Waals surface area contributed by atoms with Crippen LogP contribution in [0.15, 0.2) is 22.7 Å². The van der Waals surface area contributed by atoms with Crippen LogP contribution in [0.2, 0.25) is 0 Å². The Bertz CT molecular complexity index is 571. The molecule has 0 saturated heterocycles. The predicted octanol–water partition coefficient (Wildman–Crippen LogP) is 3.15. The molecule has 144 valence electrons. The van der Waals surface area contributed by atoms with Crippen LogP contribution < -0.4 is 21.7 Å². The topological polar surface area (TPSA) is 96.2 Å². The minimum Gasteiger partial charge on any atom is -0.381 e. The van der Waals surface area contributed by atoms with Gasteiger partial charge in [0.05, 0.1) is 24.0 Å². The van der Waals surface area contributed by atoms with Crippen molar-refractivity contribution < 1.29 is 9.59 Å². The number of rotatable bonds is 7. The van der Waals surface area contributed by atoms with E-state index in [9.17, 15) is 9.59 Å². The summed E-state index contributed by atoms with van der Waals surface area (Å²) in [7, 11) is 0. The first-order valence-corrected chi connectivity index (χ1v) is 8.39. The second kappa shape index (κ2) is 12.4. The average Bonchev–Trinajstić information content (AvgIpc) is 2.46. The van der Waals surface area contributed by atoms with Gasteiger partial charge in [-0.15, -0.1) is 24.8 Å². The zero-order chi connectivity index (χ0) is 17.6. The normalized spacial score (nSPS) is 11.2. The van der Waals surface area contributed by atoms with Crippen molar-refractivity contribution in [3.63, 3.8) is 0 Å². The van der Waals surface area contributed by atoms with Crippen LogP contribution in [0, 0.1) is 5.92 Å². The van der Waals surface area contributed by atoms with Crippen LogP contribution in [0.25, 0.3) is 0 Å². The molecule has 0 aliphatic rings. The zero-order valence-corrected chi connectivity index (χ0v) is 18.0. The van der Waals surface area contributed by atoms with E-state index in [1.807, 2.05) is 45.9 Å². The SMILES string of the molecule is CC(C)Nc1ccc(Br)cc1NC(=O)CNC(=O)[C@@H](N)C(C)C.Cl.Cl. The Kier molecular flexibility index (Phi) is 13.0. The highest BCUT2D eigenvalue weighted by Crippen LogP contribution is 2.26. The lowest BCUT2D eigenvalue weighted by molar-refractivity contribution is -0.125. The molecule has 0 heterocycles. The lowest BCUT2D eigenvalue weighted by Gasteiger charge is -2.17. The minimum atomic E-state index is -0.619. The fourth-order valence-corrected chi connectivity index (χ4v) is 2.20. The summed E-state index contributed by atoms with van der Waals surface area (Å²) in [6.07, 6.45) is 0. The molecule has 1 aromatic rings. The van der Waals surface area contributed by atoms with E-state index in [0.717, 1.165) is 10.2 Å². The number of halogens is 3. The molecule has 0 saturated carbocycles. The van der Waals surface area contributed by atoms with Crippen molar-refractivity contribution in [1.82, 2.24) is 5.32 Å². The maximum Gasteiger partial charge on any atom is 0.243 e. The van der Waals surface area contributed by atoms with Crippen LogP contribution in [0.3, 0.4) is 0 Å². The molecule has 0 aromatic heterocycles. The Morgan fingerprint density at radius 2 is 1.72 bits per heavy atom. The largest absolute Gasteiger partial charge is 0.381 e. The van der Waals surface area contributed by atoms with Crippen molar-refractivity contribution in [3.8, 4) is 0 Å². The molecule has 0 aliphatic carbocycles. The summed E-state index contributed by atoms with van der Waals surface area (Å²) in [6.45, 7) is 7.63. The van der Waals surface area contributed by atoms with Crippen LogP contribution in [0.1, 0.15) is 27.7 Å². The van der Waals surface area contributed by atoms with Crippen LogP contribution >= 0.6 is 40.7 Å². The molecule has 1 atom stereocenters. The van der Waals surface area contributed by atoms with Crippen molar-refractivity contribution in [2.45, 2.75) is 39.8 Å². The summed E-state index contributed by atoms with van der Waals surface area (Å²) in [5.41, 5.74) is 7.21. The molecule has 0 fully saturated rings. The number of amides is 2. The predicted molar refractivity (Wildman–Crippen MR) is 112 cm³/mol. The Labute approximate surface area is 170 Å². The highest BCUT2D eigenvalue weighted by Gasteiger charge is 2.18. The molecular weight excluding hydrogens is 431 g/mol. The van der Waals surface area contributed by atoms with Gasteiger partial charge in [0.1, 0.15) is 0 Å². The second-order valence-corrected chi connectivity index (χ2v) is 6.94. The van der Waals surface area contributed by atoms with Gasteiger partial charge >= 0.3 is 0 Å². The van der Waals surface area contributed by atoms with Gasteiger partial charge in [0.15, 0.2) is 0 Å². The Balaban J connectivity index is 0. The van der Waals surface area contributed by atoms with Crippen molar-refractivity contribution in [3.05, 3.63) is 22.7 Å². The van der Waals surface area contributed by atoms with E-state index >= 15 is 0 Å². The third-order valence-corrected chi connectivity index (χ3v) is 3.64. The lowest BCUT2D eigenvalue weighted by atomic mass is 10.1. The number of benzene rings is 1. The molecule has 25 heavy (non-hydrogen) atoms. The van der Waals surface area contributed by atoms with E-state index in [-0.39, 0.29) is 55.1 Å². The fourth-order valence-electron chi connectivity index (χ4n) is 1.84. The highest BCUT2D eigenvalue weighted by atomic mass is 79.9. The standard InChI is InChI=1S/C16H25BrN4O2.2ClH/c1-9(2)15(18)16(23)19-8-14(22)21-13-7-11(17)5-6-12(13)20-10(3)4;;/h5-7,9-10,15,20H,8,18H2,1-4H3,(H,19,23)(H,21,22);2*1H/t15-;;/m0../s1. The van der Waals surface area contributed by atoms with Crippen molar-refractivity contribution in [2.24, 2.45) is 11.7 Å². The van der Waals surface area contributed by atoms with Crippen molar-refractivity contribution >= 4 is 63.9 Å². The number of anilines is 2. The van der Waals surface area contributed by atoms with Gasteiger partial charge in [-0.1, -0.05) is 29.8 Å². The molecule has 0 radical (unpaired) electrons. The quantitative estimate of drug-likeness (QED) is 0.505. The average molecular weight is 458 g/mol. The third-order valence-electron chi connectivity index (χ3n) is 3.14. The van der Waals surface area contributed by atoms with E-state index in [2.05, 4.69) is 31.9 Å². The Hall–Kier alpha value is -1.02. The van der Waals surface area contributed by atoms with Crippen LogP contribution in [-0.2, 0) is 9.59 Å². The van der Waals surface area contributed by atoms with E-state index in [1.54, 1.807) is 0 Å². The van der Waals surface area contributed by atoms with E-state index in [4.69, 9.17) is 5.73 Å². The van der Waals surface area contributed by atoms with Crippen LogP contribution in [-0.4, -0.2) is 30.4 Å². The smallest absolute Gasteiger partial charge is 0.243 e. The minimum absolute atomic E-state index is 0. The first kappa shape index (κ1) is 26.2. The van der Waals surface area contributed by atoms with E-state index in [1.165, 1.54) is 0 Å². The monoisotopic (exact) mass is 456 g/mol. The second-order valence-electron chi connectivity index (χ2n) is 6.02. The maximum absolute atomic E-state index is 12.0. The molecular formula is C16H27BrCl2N4O2. The van der Waals surface area contributed by atoms with Crippen molar-refractivity contribution in [2.75, 3.05) is 17.2 Å². The molecule has 0 unspecified atom stereocenters. The summed E-state index contributed by atoms with van der Waals surface area (Å²) in [4.78, 5) is 23.8. The molecule has 6 nitrogen and oxygen atoms in total. The number of hydrogen-bond acceptors (Lipinski definition) is 4. The first-order valence-electron chi connectivity index (χ1n) is 7.60. The summed E-state index contributed by atoms with van der Waals surface area (Å²) < 4.78 is 0.855. The van der Waals surface area contributed by atoms with Crippen LogP contribution in [0.4, 0.5) is 11.4 Å². The first-order chi connectivity index (χ1) is 10.7. The maximum atomic E-state index is 12.0. The van der Waals surface area contributed by atoms with Gasteiger partial charge in [0.2, 0.25) is 11.8 Å². The number of hydrogen-bond donors (Lipinski definition) is 4. The van der Waals surface area contributed by atoms with Gasteiger partial charge < -0.3 is 21.7 Å². The number of carbonyl (C=O) groups excluding carboxylic acids is 2. The summed E-state index contributed by atoms with van der Waals surface area (Å²) >= 11 is 3.38. The van der Waals surface area contributed by atoms with Gasteiger partial charge in [0, 0.05) is 10.5 Å². The Morgan fingerprint density at radius 1 is 1.12 bits per heavy atom. The highest BCUT2D eigenvalue weighted by molar-refractivity contribution is 9.10. The van der Waals surface area contributed by atoms with Gasteiger partial charge in [-0.05, 0) is 38.0 Å². The number of carbonyl (C=O) groups is 2. The molecule has 5 N–H and O–H groups in total. The number of nitrogens with two attached hydrogens (primary N) is 1. The Morgan fingerprint density at radius 3 is 2.24 bits per heavy atom. The molecule has 0 aliphatic heterocycles. The molecule has 0 spiro atoms. The summed E-state index contributed by atoms with van der Waals surface area (Å²) in [6, 6.07) is 5.20. The van der Waals surface area contributed by atoms with Crippen LogP contribution in [0.5, 0.6) is 0 Å². The zero-order valence-electron chi connectivity index (χ0n) is 14.8. The molecule has 1 aromatic carbocycles. The fraction of sp³-hybridized carbons (Fsp3) is 0.500. The van der Waals surface area contributed by atoms with E-state index < -0.39 is 6.04 Å². The van der Waals surface area contributed by atoms with Gasteiger partial charge in [-0.25, -0.2) is 0 Å². The molecule has 2 amide bonds. The summed E-state index contributed by atoms with van der Waals surface area (Å²) in [5, 5.41) is 8.60. The third kappa shape index (κ3) is 9.30. The molecule has 1 rings (SSSR count).